The molecule has 1 aromatic rings. The summed E-state index contributed by atoms with van der Waals surface area (Å²) >= 11 is 0. The van der Waals surface area contributed by atoms with Crippen molar-refractivity contribution in [2.45, 2.75) is 0 Å². The van der Waals surface area contributed by atoms with E-state index in [0.29, 0.717) is 12.1 Å². The molecule has 0 aliphatic rings. The van der Waals surface area contributed by atoms with Gasteiger partial charge < -0.3 is 15.3 Å². The first-order chi connectivity index (χ1) is 5.52. The summed E-state index contributed by atoms with van der Waals surface area (Å²) in [6.07, 6.45) is 0. The van der Waals surface area contributed by atoms with E-state index in [1.54, 1.807) is 0 Å². The Balaban J connectivity index is 3.33. The van der Waals surface area contributed by atoms with E-state index in [1.807, 2.05) is 0 Å². The van der Waals surface area contributed by atoms with Gasteiger partial charge in [-0.05, 0) is 6.07 Å². The molecule has 0 bridgehead atoms. The highest BCUT2D eigenvalue weighted by molar-refractivity contribution is 5.91. The minimum absolute atomic E-state index is 0.549. The number of rotatable bonds is 1. The highest BCUT2D eigenvalue weighted by atomic mass is 19.1. The second-order valence-electron chi connectivity index (χ2n) is 2.13. The van der Waals surface area contributed by atoms with Crippen LogP contribution in [0.5, 0.6) is 11.5 Å². The van der Waals surface area contributed by atoms with Crippen molar-refractivity contribution in [3.63, 3.8) is 0 Å². The number of phenols is 2. The van der Waals surface area contributed by atoms with Crippen molar-refractivity contribution in [3.05, 3.63) is 23.5 Å². The second-order valence-corrected chi connectivity index (χ2v) is 2.13. The van der Waals surface area contributed by atoms with E-state index in [-0.39, 0.29) is 0 Å². The molecular formula is C7H5FO4. The van der Waals surface area contributed by atoms with Gasteiger partial charge in [-0.2, -0.15) is 0 Å². The van der Waals surface area contributed by atoms with Crippen LogP contribution in [0.25, 0.3) is 0 Å². The Morgan fingerprint density at radius 2 is 1.83 bits per heavy atom. The predicted molar refractivity (Wildman–Crippen MR) is 36.7 cm³/mol. The van der Waals surface area contributed by atoms with Crippen molar-refractivity contribution in [2.75, 3.05) is 0 Å². The molecule has 0 saturated heterocycles. The van der Waals surface area contributed by atoms with Crippen LogP contribution in [0, 0.1) is 5.82 Å². The average molecular weight is 172 g/mol. The molecule has 1 rings (SSSR count). The maximum Gasteiger partial charge on any atom is 0.339 e. The summed E-state index contributed by atoms with van der Waals surface area (Å²) in [5.74, 6) is -3.98. The van der Waals surface area contributed by atoms with Gasteiger partial charge in [0.1, 0.15) is 11.3 Å². The Kier molecular flexibility index (Phi) is 1.86. The number of halogens is 1. The smallest absolute Gasteiger partial charge is 0.339 e. The zero-order chi connectivity index (χ0) is 9.30. The number of hydrogen-bond donors (Lipinski definition) is 3. The number of carboxylic acid groups (broad SMARTS) is 1. The number of aromatic carboxylic acids is 1. The van der Waals surface area contributed by atoms with Crippen LogP contribution in [0.15, 0.2) is 12.1 Å². The predicted octanol–water partition coefficient (Wildman–Crippen LogP) is 0.935. The fourth-order valence-corrected chi connectivity index (χ4v) is 0.722. The number of carboxylic acids is 1. The summed E-state index contributed by atoms with van der Waals surface area (Å²) in [5, 5.41) is 25.9. The molecule has 4 nitrogen and oxygen atoms in total. The van der Waals surface area contributed by atoms with Crippen LogP contribution in [0.3, 0.4) is 0 Å². The largest absolute Gasteiger partial charge is 0.507 e. The topological polar surface area (TPSA) is 77.8 Å². The normalized spacial score (nSPS) is 9.75. The highest BCUT2D eigenvalue weighted by Crippen LogP contribution is 2.25. The molecule has 0 aliphatic heterocycles. The minimum Gasteiger partial charge on any atom is -0.507 e. The summed E-state index contributed by atoms with van der Waals surface area (Å²) in [4.78, 5) is 10.3. The maximum atomic E-state index is 12.5. The van der Waals surface area contributed by atoms with Crippen LogP contribution in [-0.2, 0) is 0 Å². The summed E-state index contributed by atoms with van der Waals surface area (Å²) in [6.45, 7) is 0. The van der Waals surface area contributed by atoms with Crippen LogP contribution in [0.1, 0.15) is 10.4 Å². The molecule has 5 heteroatoms. The van der Waals surface area contributed by atoms with Crippen LogP contribution in [0.4, 0.5) is 4.39 Å². The van der Waals surface area contributed by atoms with E-state index in [9.17, 15) is 9.18 Å². The second kappa shape index (κ2) is 2.69. The lowest BCUT2D eigenvalue weighted by atomic mass is 10.2. The molecule has 0 saturated carbocycles. The molecule has 0 heterocycles. The Morgan fingerprint density at radius 3 is 2.33 bits per heavy atom. The molecule has 64 valence electrons. The third kappa shape index (κ3) is 1.29. The maximum absolute atomic E-state index is 12.5. The SMILES string of the molecule is O=C(O)c1cc(F)c(O)cc1O. The molecule has 0 radical (unpaired) electrons. The summed E-state index contributed by atoms with van der Waals surface area (Å²) < 4.78 is 12.5. The van der Waals surface area contributed by atoms with Gasteiger partial charge >= 0.3 is 5.97 Å². The molecule has 0 atom stereocenters. The minimum atomic E-state index is -1.45. The van der Waals surface area contributed by atoms with E-state index >= 15 is 0 Å². The summed E-state index contributed by atoms with van der Waals surface area (Å²) in [6, 6.07) is 1.19. The van der Waals surface area contributed by atoms with Gasteiger partial charge in [0.05, 0.1) is 0 Å². The standard InChI is InChI=1S/C7H5FO4/c8-4-1-3(7(11)12)5(9)2-6(4)10/h1-2,9-10H,(H,11,12). The number of phenolic OH excluding ortho intramolecular Hbond substituents is 1. The van der Waals surface area contributed by atoms with E-state index in [1.165, 1.54) is 0 Å². The number of benzene rings is 1. The van der Waals surface area contributed by atoms with Crippen molar-refractivity contribution in [3.8, 4) is 11.5 Å². The molecule has 0 amide bonds. The third-order valence-electron chi connectivity index (χ3n) is 1.30. The van der Waals surface area contributed by atoms with Crippen LogP contribution < -0.4 is 0 Å². The van der Waals surface area contributed by atoms with Gasteiger partial charge in [-0.1, -0.05) is 0 Å². The van der Waals surface area contributed by atoms with E-state index in [4.69, 9.17) is 15.3 Å². The van der Waals surface area contributed by atoms with E-state index in [0.717, 1.165) is 0 Å². The molecule has 0 spiro atoms. The Bertz CT molecular complexity index is 334. The number of hydrogen-bond acceptors (Lipinski definition) is 3. The van der Waals surface area contributed by atoms with E-state index < -0.39 is 28.8 Å². The van der Waals surface area contributed by atoms with Crippen molar-refractivity contribution in [1.82, 2.24) is 0 Å². The molecule has 0 aliphatic carbocycles. The van der Waals surface area contributed by atoms with Crippen molar-refractivity contribution in [2.24, 2.45) is 0 Å². The van der Waals surface area contributed by atoms with Crippen LogP contribution >= 0.6 is 0 Å². The first kappa shape index (κ1) is 8.32. The summed E-state index contributed by atoms with van der Waals surface area (Å²) in [5.41, 5.74) is -0.578. The number of carbonyl (C=O) groups is 1. The third-order valence-corrected chi connectivity index (χ3v) is 1.30. The van der Waals surface area contributed by atoms with Gasteiger partial charge in [-0.15, -0.1) is 0 Å². The molecule has 0 fully saturated rings. The highest BCUT2D eigenvalue weighted by Gasteiger charge is 2.13. The van der Waals surface area contributed by atoms with Gasteiger partial charge in [-0.25, -0.2) is 9.18 Å². The van der Waals surface area contributed by atoms with Crippen molar-refractivity contribution < 1.29 is 24.5 Å². The summed E-state index contributed by atoms with van der Waals surface area (Å²) in [7, 11) is 0. The number of aromatic hydroxyl groups is 2. The average Bonchev–Trinajstić information content (AvgIpc) is 1.96. The first-order valence-electron chi connectivity index (χ1n) is 2.97. The lowest BCUT2D eigenvalue weighted by Gasteiger charge is -2.00. The lowest BCUT2D eigenvalue weighted by molar-refractivity contribution is 0.0693. The van der Waals surface area contributed by atoms with Crippen molar-refractivity contribution >= 4 is 5.97 Å². The van der Waals surface area contributed by atoms with Gasteiger partial charge in [0.15, 0.2) is 11.6 Å². The molecule has 0 aromatic heterocycles. The molecule has 3 N–H and O–H groups in total. The Labute approximate surface area is 66.5 Å². The first-order valence-corrected chi connectivity index (χ1v) is 2.97. The van der Waals surface area contributed by atoms with Gasteiger partial charge in [0, 0.05) is 6.07 Å². The lowest BCUT2D eigenvalue weighted by Crippen LogP contribution is -1.97. The quantitative estimate of drug-likeness (QED) is 0.588. The fraction of sp³-hybridized carbons (Fsp3) is 0. The molecular weight excluding hydrogens is 167 g/mol. The zero-order valence-electron chi connectivity index (χ0n) is 5.78. The Morgan fingerprint density at radius 1 is 1.25 bits per heavy atom. The van der Waals surface area contributed by atoms with Crippen LogP contribution in [0.2, 0.25) is 0 Å². The van der Waals surface area contributed by atoms with Crippen LogP contribution in [-0.4, -0.2) is 21.3 Å². The monoisotopic (exact) mass is 172 g/mol. The van der Waals surface area contributed by atoms with Gasteiger partial charge in [0.25, 0.3) is 0 Å². The molecule has 1 aromatic carbocycles. The van der Waals surface area contributed by atoms with E-state index in [2.05, 4.69) is 0 Å². The molecule has 0 unspecified atom stereocenters. The van der Waals surface area contributed by atoms with Crippen molar-refractivity contribution in [1.29, 1.82) is 0 Å². The zero-order valence-corrected chi connectivity index (χ0v) is 5.78. The van der Waals surface area contributed by atoms with Gasteiger partial charge in [-0.3, -0.25) is 0 Å². The van der Waals surface area contributed by atoms with Gasteiger partial charge in [0.2, 0.25) is 0 Å². The molecule has 12 heavy (non-hydrogen) atoms. The Hall–Kier alpha value is -1.78. The fourth-order valence-electron chi connectivity index (χ4n) is 0.722.